The van der Waals surface area contributed by atoms with Crippen molar-refractivity contribution in [2.24, 2.45) is 0 Å². The highest BCUT2D eigenvalue weighted by Crippen LogP contribution is 2.28. The van der Waals surface area contributed by atoms with Crippen molar-refractivity contribution in [2.45, 2.75) is 36.6 Å². The summed E-state index contributed by atoms with van der Waals surface area (Å²) < 4.78 is 33.0. The summed E-state index contributed by atoms with van der Waals surface area (Å²) in [5.74, 6) is 0.335. The lowest BCUT2D eigenvalue weighted by Crippen LogP contribution is -2.48. The minimum Gasteiger partial charge on any atom is -0.457 e. The molecule has 1 aliphatic heterocycles. The molecule has 150 valence electrons. The van der Waals surface area contributed by atoms with E-state index < -0.39 is 22.0 Å². The molecule has 1 aliphatic rings. The number of halogens is 1. The Morgan fingerprint density at radius 2 is 1.64 bits per heavy atom. The summed E-state index contributed by atoms with van der Waals surface area (Å²) >= 11 is 5.84. The minimum atomic E-state index is -3.90. The Kier molecular flexibility index (Phi) is 6.56. The van der Waals surface area contributed by atoms with Crippen molar-refractivity contribution >= 4 is 27.5 Å². The summed E-state index contributed by atoms with van der Waals surface area (Å²) in [6.45, 7) is 0.226. The Morgan fingerprint density at radius 3 is 2.25 bits per heavy atom. The molecule has 0 spiro atoms. The first-order valence-electron chi connectivity index (χ1n) is 8.91. The smallest absolute Gasteiger partial charge is 0.261 e. The van der Waals surface area contributed by atoms with Gasteiger partial charge in [-0.15, -0.1) is 0 Å². The van der Waals surface area contributed by atoms with Gasteiger partial charge < -0.3 is 4.74 Å². The van der Waals surface area contributed by atoms with Gasteiger partial charge in [0.15, 0.2) is 0 Å². The summed E-state index contributed by atoms with van der Waals surface area (Å²) in [7, 11) is -3.90. The van der Waals surface area contributed by atoms with Crippen LogP contribution in [0.15, 0.2) is 53.4 Å². The van der Waals surface area contributed by atoms with Gasteiger partial charge in [-0.05, 0) is 61.4 Å². The molecule has 9 heteroatoms. The van der Waals surface area contributed by atoms with Crippen molar-refractivity contribution in [3.63, 3.8) is 0 Å². The standard InChI is InChI=1S/C19H21ClN2O5S/c20-14-5-7-15(8-6-14)27-16-9-11-17(12-10-16)28(25,26)22-13-3-1-2-4-18(22)19(23)21-24/h5-12,18,24H,1-4,13H2,(H,21,23)/t18-/m1/s1. The molecule has 1 saturated heterocycles. The van der Waals surface area contributed by atoms with E-state index in [1.165, 1.54) is 16.4 Å². The Morgan fingerprint density at radius 1 is 1.04 bits per heavy atom. The molecule has 1 amide bonds. The van der Waals surface area contributed by atoms with Gasteiger partial charge in [0.25, 0.3) is 5.91 Å². The SMILES string of the molecule is O=C(NO)[C@H]1CCCCCN1S(=O)(=O)c1ccc(Oc2ccc(Cl)cc2)cc1. The summed E-state index contributed by atoms with van der Waals surface area (Å²) in [6.07, 6.45) is 2.57. The van der Waals surface area contributed by atoms with Gasteiger partial charge in [-0.25, -0.2) is 13.9 Å². The zero-order chi connectivity index (χ0) is 20.1. The van der Waals surface area contributed by atoms with Crippen LogP contribution in [0.25, 0.3) is 0 Å². The van der Waals surface area contributed by atoms with E-state index in [1.807, 2.05) is 0 Å². The number of amides is 1. The number of nitrogens with one attached hydrogen (secondary N) is 1. The third-order valence-corrected chi connectivity index (χ3v) is 6.77. The largest absolute Gasteiger partial charge is 0.457 e. The number of carbonyl (C=O) groups excluding carboxylic acids is 1. The molecule has 28 heavy (non-hydrogen) atoms. The third-order valence-electron chi connectivity index (χ3n) is 4.60. The van der Waals surface area contributed by atoms with Crippen LogP contribution in [-0.4, -0.2) is 36.4 Å². The number of sulfonamides is 1. The quantitative estimate of drug-likeness (QED) is 0.565. The molecule has 0 aromatic heterocycles. The first kappa shape index (κ1) is 20.6. The van der Waals surface area contributed by atoms with Crippen molar-refractivity contribution in [3.05, 3.63) is 53.6 Å². The van der Waals surface area contributed by atoms with Crippen LogP contribution in [0, 0.1) is 0 Å². The molecular formula is C19H21ClN2O5S. The molecule has 1 heterocycles. The molecule has 1 fully saturated rings. The maximum atomic E-state index is 13.1. The number of benzene rings is 2. The number of hydroxylamine groups is 1. The van der Waals surface area contributed by atoms with Crippen molar-refractivity contribution in [1.82, 2.24) is 9.79 Å². The minimum absolute atomic E-state index is 0.0635. The highest BCUT2D eigenvalue weighted by molar-refractivity contribution is 7.89. The molecular weight excluding hydrogens is 404 g/mol. The van der Waals surface area contributed by atoms with Crippen LogP contribution in [0.5, 0.6) is 11.5 Å². The van der Waals surface area contributed by atoms with Gasteiger partial charge in [-0.1, -0.05) is 24.4 Å². The second-order valence-corrected chi connectivity index (χ2v) is 8.81. The Balaban J connectivity index is 1.82. The van der Waals surface area contributed by atoms with Gasteiger partial charge in [0.05, 0.1) is 4.90 Å². The van der Waals surface area contributed by atoms with Crippen molar-refractivity contribution < 1.29 is 23.2 Å². The molecule has 1 atom stereocenters. The number of hydrogen-bond donors (Lipinski definition) is 2. The zero-order valence-corrected chi connectivity index (χ0v) is 16.6. The van der Waals surface area contributed by atoms with Crippen LogP contribution < -0.4 is 10.2 Å². The molecule has 0 unspecified atom stereocenters. The Labute approximate surface area is 168 Å². The number of rotatable bonds is 5. The van der Waals surface area contributed by atoms with Gasteiger partial charge in [0.1, 0.15) is 17.5 Å². The van der Waals surface area contributed by atoms with Crippen LogP contribution in [0.1, 0.15) is 25.7 Å². The molecule has 3 rings (SSSR count). The predicted octanol–water partition coefficient (Wildman–Crippen LogP) is 3.57. The van der Waals surface area contributed by atoms with Gasteiger partial charge in [-0.3, -0.25) is 10.0 Å². The van der Waals surface area contributed by atoms with Crippen LogP contribution >= 0.6 is 11.6 Å². The van der Waals surface area contributed by atoms with E-state index in [-0.39, 0.29) is 11.4 Å². The Hall–Kier alpha value is -2.13. The second kappa shape index (κ2) is 8.91. The highest BCUT2D eigenvalue weighted by atomic mass is 35.5. The summed E-state index contributed by atoms with van der Waals surface area (Å²) in [6, 6.07) is 11.9. The highest BCUT2D eigenvalue weighted by Gasteiger charge is 2.36. The molecule has 2 aromatic carbocycles. The third kappa shape index (κ3) is 4.64. The fraction of sp³-hybridized carbons (Fsp3) is 0.316. The maximum Gasteiger partial charge on any atom is 0.261 e. The van der Waals surface area contributed by atoms with E-state index in [4.69, 9.17) is 21.5 Å². The van der Waals surface area contributed by atoms with E-state index in [0.29, 0.717) is 29.4 Å². The summed E-state index contributed by atoms with van der Waals surface area (Å²) in [4.78, 5) is 12.1. The van der Waals surface area contributed by atoms with Crippen molar-refractivity contribution in [1.29, 1.82) is 0 Å². The van der Waals surface area contributed by atoms with Gasteiger partial charge in [0.2, 0.25) is 10.0 Å². The Bertz CT molecular complexity index is 916. The lowest BCUT2D eigenvalue weighted by atomic mass is 10.1. The fourth-order valence-corrected chi connectivity index (χ4v) is 4.94. The number of ether oxygens (including phenoxy) is 1. The molecule has 0 bridgehead atoms. The molecule has 2 aromatic rings. The van der Waals surface area contributed by atoms with E-state index in [1.54, 1.807) is 41.9 Å². The van der Waals surface area contributed by atoms with Gasteiger partial charge in [-0.2, -0.15) is 4.31 Å². The lowest BCUT2D eigenvalue weighted by Gasteiger charge is -2.27. The van der Waals surface area contributed by atoms with Crippen LogP contribution in [-0.2, 0) is 14.8 Å². The predicted molar refractivity (Wildman–Crippen MR) is 104 cm³/mol. The summed E-state index contributed by atoms with van der Waals surface area (Å²) in [5, 5.41) is 9.57. The zero-order valence-electron chi connectivity index (χ0n) is 15.0. The van der Waals surface area contributed by atoms with Gasteiger partial charge in [0, 0.05) is 11.6 Å². The molecule has 2 N–H and O–H groups in total. The molecule has 0 radical (unpaired) electrons. The molecule has 0 aliphatic carbocycles. The van der Waals surface area contributed by atoms with Crippen LogP contribution in [0.4, 0.5) is 0 Å². The normalized spacial score (nSPS) is 18.3. The number of hydrogen-bond acceptors (Lipinski definition) is 5. The fourth-order valence-electron chi connectivity index (χ4n) is 3.16. The average Bonchev–Trinajstić information content (AvgIpc) is 2.96. The first-order chi connectivity index (χ1) is 13.4. The second-order valence-electron chi connectivity index (χ2n) is 6.48. The van der Waals surface area contributed by atoms with Crippen LogP contribution in [0.2, 0.25) is 5.02 Å². The monoisotopic (exact) mass is 424 g/mol. The maximum absolute atomic E-state index is 13.1. The molecule has 7 nitrogen and oxygen atoms in total. The number of carbonyl (C=O) groups is 1. The van der Waals surface area contributed by atoms with E-state index in [0.717, 1.165) is 12.8 Å². The van der Waals surface area contributed by atoms with E-state index in [9.17, 15) is 13.2 Å². The van der Waals surface area contributed by atoms with E-state index >= 15 is 0 Å². The van der Waals surface area contributed by atoms with Gasteiger partial charge >= 0.3 is 0 Å². The van der Waals surface area contributed by atoms with Crippen LogP contribution in [0.3, 0.4) is 0 Å². The number of nitrogens with zero attached hydrogens (tertiary/aromatic N) is 1. The lowest BCUT2D eigenvalue weighted by molar-refractivity contribution is -0.133. The average molecular weight is 425 g/mol. The van der Waals surface area contributed by atoms with Crippen molar-refractivity contribution in [3.8, 4) is 11.5 Å². The van der Waals surface area contributed by atoms with Crippen molar-refractivity contribution in [2.75, 3.05) is 6.54 Å². The first-order valence-corrected chi connectivity index (χ1v) is 10.7. The topological polar surface area (TPSA) is 95.9 Å². The van der Waals surface area contributed by atoms with E-state index in [2.05, 4.69) is 0 Å². The summed E-state index contributed by atoms with van der Waals surface area (Å²) in [5.41, 5.74) is 1.58. The molecule has 0 saturated carbocycles.